The summed E-state index contributed by atoms with van der Waals surface area (Å²) < 4.78 is 4.79. The van der Waals surface area contributed by atoms with Gasteiger partial charge in [0.15, 0.2) is 0 Å². The first-order valence-electron chi connectivity index (χ1n) is 17.0. The summed E-state index contributed by atoms with van der Waals surface area (Å²) in [5, 5.41) is 5.00. The number of aromatic nitrogens is 3. The number of nitrogens with zero attached hydrogens (tertiary/aromatic N) is 3. The standard InChI is InChI=1S/C47H31N3/c1-2-8-32(9-3-1)33-14-22-39(23-15-33)50-44-12-6-4-10-40(44)42-24-18-37(31-47(42)50)36-19-25-46-43(30-36)41-11-5-7-13-45(41)49(46)38-20-16-34(17-21-38)35-26-28-48-29-27-35/h1-31H. The molecule has 3 nitrogen and oxygen atoms in total. The van der Waals surface area contributed by atoms with Crippen molar-refractivity contribution in [3.8, 4) is 44.8 Å². The van der Waals surface area contributed by atoms with Gasteiger partial charge in [-0.25, -0.2) is 0 Å². The van der Waals surface area contributed by atoms with E-state index in [0.29, 0.717) is 0 Å². The molecule has 0 saturated carbocycles. The molecule has 0 unspecified atom stereocenters. The largest absolute Gasteiger partial charge is 0.309 e. The van der Waals surface area contributed by atoms with Gasteiger partial charge in [-0.3, -0.25) is 4.98 Å². The van der Waals surface area contributed by atoms with Crippen molar-refractivity contribution >= 4 is 43.6 Å². The van der Waals surface area contributed by atoms with E-state index in [1.807, 2.05) is 12.4 Å². The third kappa shape index (κ3) is 4.56. The van der Waals surface area contributed by atoms with Gasteiger partial charge in [0, 0.05) is 45.3 Å². The monoisotopic (exact) mass is 637 g/mol. The molecule has 0 aliphatic carbocycles. The molecule has 0 aliphatic heterocycles. The lowest BCUT2D eigenvalue weighted by Gasteiger charge is -2.11. The number of fused-ring (bicyclic) bond motifs is 6. The van der Waals surface area contributed by atoms with Gasteiger partial charge in [-0.05, 0) is 100 Å². The summed E-state index contributed by atoms with van der Waals surface area (Å²) in [6, 6.07) is 63.7. The molecule has 0 bridgehead atoms. The molecular weight excluding hydrogens is 607 g/mol. The molecule has 10 aromatic rings. The van der Waals surface area contributed by atoms with Crippen LogP contribution in [0.25, 0.3) is 88.4 Å². The van der Waals surface area contributed by atoms with Crippen LogP contribution in [-0.4, -0.2) is 14.1 Å². The Balaban J connectivity index is 1.10. The van der Waals surface area contributed by atoms with Gasteiger partial charge in [0.1, 0.15) is 0 Å². The molecule has 0 atom stereocenters. The van der Waals surface area contributed by atoms with Crippen LogP contribution in [0.1, 0.15) is 0 Å². The lowest BCUT2D eigenvalue weighted by Crippen LogP contribution is -1.94. The minimum absolute atomic E-state index is 1.14. The average Bonchev–Trinajstić information content (AvgIpc) is 3.71. The summed E-state index contributed by atoms with van der Waals surface area (Å²) in [7, 11) is 0. The highest BCUT2D eigenvalue weighted by Gasteiger charge is 2.16. The molecule has 0 saturated heterocycles. The van der Waals surface area contributed by atoms with Gasteiger partial charge in [0.25, 0.3) is 0 Å². The first-order chi connectivity index (χ1) is 24.8. The minimum atomic E-state index is 1.14. The van der Waals surface area contributed by atoms with Crippen molar-refractivity contribution in [3.63, 3.8) is 0 Å². The van der Waals surface area contributed by atoms with Crippen molar-refractivity contribution in [2.24, 2.45) is 0 Å². The number of benzene rings is 7. The predicted octanol–water partition coefficient (Wildman–Crippen LogP) is 12.3. The Hall–Kier alpha value is -6.71. The second-order valence-corrected chi connectivity index (χ2v) is 12.9. The zero-order chi connectivity index (χ0) is 33.0. The summed E-state index contributed by atoms with van der Waals surface area (Å²) >= 11 is 0. The highest BCUT2D eigenvalue weighted by Crippen LogP contribution is 2.38. The molecule has 10 rings (SSSR count). The molecule has 3 heteroatoms. The van der Waals surface area contributed by atoms with Crippen molar-refractivity contribution in [2.75, 3.05) is 0 Å². The lowest BCUT2D eigenvalue weighted by molar-refractivity contribution is 1.18. The van der Waals surface area contributed by atoms with E-state index in [-0.39, 0.29) is 0 Å². The summed E-state index contributed by atoms with van der Waals surface area (Å²) in [4.78, 5) is 4.18. The van der Waals surface area contributed by atoms with E-state index in [9.17, 15) is 0 Å². The fourth-order valence-corrected chi connectivity index (χ4v) is 7.64. The Morgan fingerprint density at radius 2 is 0.720 bits per heavy atom. The molecule has 0 N–H and O–H groups in total. The second kappa shape index (κ2) is 11.5. The van der Waals surface area contributed by atoms with Crippen molar-refractivity contribution in [3.05, 3.63) is 188 Å². The van der Waals surface area contributed by atoms with Crippen LogP contribution in [0.2, 0.25) is 0 Å². The fraction of sp³-hybridized carbons (Fsp3) is 0. The first kappa shape index (κ1) is 28.3. The van der Waals surface area contributed by atoms with Gasteiger partial charge in [-0.1, -0.05) is 109 Å². The predicted molar refractivity (Wildman–Crippen MR) is 209 cm³/mol. The van der Waals surface area contributed by atoms with Crippen molar-refractivity contribution in [2.45, 2.75) is 0 Å². The topological polar surface area (TPSA) is 22.8 Å². The number of pyridine rings is 1. The normalized spacial score (nSPS) is 11.6. The van der Waals surface area contributed by atoms with Crippen molar-refractivity contribution < 1.29 is 0 Å². The van der Waals surface area contributed by atoms with E-state index < -0.39 is 0 Å². The first-order valence-corrected chi connectivity index (χ1v) is 17.0. The minimum Gasteiger partial charge on any atom is -0.309 e. The Kier molecular flexibility index (Phi) is 6.49. The highest BCUT2D eigenvalue weighted by molar-refractivity contribution is 6.12. The van der Waals surface area contributed by atoms with Crippen LogP contribution in [0.5, 0.6) is 0 Å². The van der Waals surface area contributed by atoms with Crippen LogP contribution < -0.4 is 0 Å². The summed E-state index contributed by atoms with van der Waals surface area (Å²) in [5.41, 5.74) is 14.3. The molecule has 7 aromatic carbocycles. The maximum absolute atomic E-state index is 4.18. The molecular formula is C47H31N3. The Labute approximate surface area is 290 Å². The molecule has 0 amide bonds. The SMILES string of the molecule is c1ccc(-c2ccc(-n3c4ccccc4c4ccc(-c5ccc6c(c5)c5ccccc5n6-c5ccc(-c6ccncc6)cc5)cc43)cc2)cc1. The molecule has 234 valence electrons. The maximum atomic E-state index is 4.18. The van der Waals surface area contributed by atoms with Crippen LogP contribution in [0, 0.1) is 0 Å². The highest BCUT2D eigenvalue weighted by atomic mass is 15.0. The molecule has 0 aliphatic rings. The van der Waals surface area contributed by atoms with E-state index in [2.05, 4.69) is 190 Å². The van der Waals surface area contributed by atoms with Gasteiger partial charge >= 0.3 is 0 Å². The second-order valence-electron chi connectivity index (χ2n) is 12.9. The average molecular weight is 638 g/mol. The zero-order valence-corrected chi connectivity index (χ0v) is 27.2. The number of rotatable bonds is 5. The number of para-hydroxylation sites is 2. The third-order valence-corrected chi connectivity index (χ3v) is 10.1. The van der Waals surface area contributed by atoms with Gasteiger partial charge in [-0.2, -0.15) is 0 Å². The molecule has 3 heterocycles. The van der Waals surface area contributed by atoms with E-state index in [0.717, 1.165) is 11.4 Å². The van der Waals surface area contributed by atoms with Crippen LogP contribution in [-0.2, 0) is 0 Å². The summed E-state index contributed by atoms with van der Waals surface area (Å²) in [5.74, 6) is 0. The Morgan fingerprint density at radius 3 is 1.38 bits per heavy atom. The van der Waals surface area contributed by atoms with Crippen molar-refractivity contribution in [1.82, 2.24) is 14.1 Å². The Morgan fingerprint density at radius 1 is 0.280 bits per heavy atom. The fourth-order valence-electron chi connectivity index (χ4n) is 7.64. The maximum Gasteiger partial charge on any atom is 0.0547 e. The van der Waals surface area contributed by atoms with Crippen LogP contribution in [0.4, 0.5) is 0 Å². The van der Waals surface area contributed by atoms with E-state index >= 15 is 0 Å². The Bertz CT molecular complexity index is 2830. The van der Waals surface area contributed by atoms with Gasteiger partial charge < -0.3 is 9.13 Å². The molecule has 0 radical (unpaired) electrons. The molecule has 50 heavy (non-hydrogen) atoms. The number of hydrogen-bond donors (Lipinski definition) is 0. The zero-order valence-electron chi connectivity index (χ0n) is 27.2. The summed E-state index contributed by atoms with van der Waals surface area (Å²) in [6.07, 6.45) is 3.68. The van der Waals surface area contributed by atoms with Gasteiger partial charge in [-0.15, -0.1) is 0 Å². The number of hydrogen-bond acceptors (Lipinski definition) is 1. The van der Waals surface area contributed by atoms with Gasteiger partial charge in [0.2, 0.25) is 0 Å². The van der Waals surface area contributed by atoms with E-state index in [4.69, 9.17) is 0 Å². The summed E-state index contributed by atoms with van der Waals surface area (Å²) in [6.45, 7) is 0. The smallest absolute Gasteiger partial charge is 0.0547 e. The van der Waals surface area contributed by atoms with Gasteiger partial charge in [0.05, 0.1) is 22.1 Å². The van der Waals surface area contributed by atoms with Crippen molar-refractivity contribution in [1.29, 1.82) is 0 Å². The quantitative estimate of drug-likeness (QED) is 0.184. The molecule has 3 aromatic heterocycles. The van der Waals surface area contributed by atoms with E-state index in [1.54, 1.807) is 0 Å². The molecule has 0 fully saturated rings. The third-order valence-electron chi connectivity index (χ3n) is 10.1. The van der Waals surface area contributed by atoms with Crippen LogP contribution in [0.3, 0.4) is 0 Å². The van der Waals surface area contributed by atoms with E-state index in [1.165, 1.54) is 77.0 Å². The molecule has 0 spiro atoms. The lowest BCUT2D eigenvalue weighted by atomic mass is 10.0. The van der Waals surface area contributed by atoms with Crippen LogP contribution >= 0.6 is 0 Å². The van der Waals surface area contributed by atoms with Crippen LogP contribution in [0.15, 0.2) is 188 Å².